The molecular formula is C20H23NO2. The summed E-state index contributed by atoms with van der Waals surface area (Å²) in [5.41, 5.74) is 2.92. The van der Waals surface area contributed by atoms with Gasteiger partial charge in [-0.2, -0.15) is 0 Å². The molecule has 2 aromatic rings. The number of benzene rings is 2. The average molecular weight is 309 g/mol. The number of aromatic carboxylic acids is 1. The summed E-state index contributed by atoms with van der Waals surface area (Å²) in [6.45, 7) is 0.808. The van der Waals surface area contributed by atoms with Crippen molar-refractivity contribution < 1.29 is 9.90 Å². The Kier molecular flexibility index (Phi) is 5.09. The summed E-state index contributed by atoms with van der Waals surface area (Å²) in [4.78, 5) is 10.8. The molecule has 0 radical (unpaired) electrons. The van der Waals surface area contributed by atoms with Crippen molar-refractivity contribution in [2.75, 3.05) is 0 Å². The lowest BCUT2D eigenvalue weighted by atomic mass is 9.98. The number of carbonyl (C=O) groups is 1. The van der Waals surface area contributed by atoms with Crippen LogP contribution in [0.3, 0.4) is 0 Å². The second-order valence-corrected chi connectivity index (χ2v) is 6.45. The van der Waals surface area contributed by atoms with Gasteiger partial charge >= 0.3 is 5.97 Å². The molecule has 2 atom stereocenters. The van der Waals surface area contributed by atoms with Crippen molar-refractivity contribution in [2.45, 2.75) is 38.3 Å². The maximum absolute atomic E-state index is 10.8. The third-order valence-electron chi connectivity index (χ3n) is 4.70. The molecule has 2 N–H and O–H groups in total. The van der Waals surface area contributed by atoms with Gasteiger partial charge in [0.15, 0.2) is 0 Å². The summed E-state index contributed by atoms with van der Waals surface area (Å²) in [6, 6.07) is 18.4. The van der Waals surface area contributed by atoms with Crippen LogP contribution in [0.25, 0.3) is 0 Å². The fraction of sp³-hybridized carbons (Fsp3) is 0.350. The van der Waals surface area contributed by atoms with E-state index in [0.717, 1.165) is 18.0 Å². The molecule has 1 aliphatic carbocycles. The molecular weight excluding hydrogens is 286 g/mol. The molecule has 3 heteroatoms. The molecule has 1 aliphatic rings. The highest BCUT2D eigenvalue weighted by Gasteiger charge is 2.24. The molecule has 0 bridgehead atoms. The van der Waals surface area contributed by atoms with Crippen LogP contribution in [0.2, 0.25) is 0 Å². The minimum absolute atomic E-state index is 0.345. The molecule has 3 rings (SSSR count). The highest BCUT2D eigenvalue weighted by molar-refractivity contribution is 5.87. The van der Waals surface area contributed by atoms with Crippen LogP contribution in [0.4, 0.5) is 0 Å². The largest absolute Gasteiger partial charge is 0.478 e. The van der Waals surface area contributed by atoms with Gasteiger partial charge in [0.2, 0.25) is 0 Å². The maximum Gasteiger partial charge on any atom is 0.335 e. The zero-order valence-electron chi connectivity index (χ0n) is 13.2. The van der Waals surface area contributed by atoms with Crippen molar-refractivity contribution >= 4 is 5.97 Å². The summed E-state index contributed by atoms with van der Waals surface area (Å²) in [5, 5.41) is 12.5. The minimum atomic E-state index is -0.871. The average Bonchev–Trinajstić information content (AvgIpc) is 3.02. The fourth-order valence-electron chi connectivity index (χ4n) is 3.42. The number of hydrogen-bond donors (Lipinski definition) is 2. The molecule has 0 amide bonds. The third kappa shape index (κ3) is 4.42. The van der Waals surface area contributed by atoms with Gasteiger partial charge in [0.1, 0.15) is 0 Å². The van der Waals surface area contributed by atoms with Crippen molar-refractivity contribution in [3.8, 4) is 0 Å². The van der Waals surface area contributed by atoms with Crippen LogP contribution >= 0.6 is 0 Å². The molecule has 0 heterocycles. The molecule has 23 heavy (non-hydrogen) atoms. The second kappa shape index (κ2) is 7.42. The van der Waals surface area contributed by atoms with E-state index in [9.17, 15) is 4.79 Å². The van der Waals surface area contributed by atoms with Crippen molar-refractivity contribution in [3.63, 3.8) is 0 Å². The van der Waals surface area contributed by atoms with E-state index in [2.05, 4.69) is 35.6 Å². The van der Waals surface area contributed by atoms with Crippen LogP contribution in [0.5, 0.6) is 0 Å². The Morgan fingerprint density at radius 2 is 1.74 bits per heavy atom. The number of carboxylic acids is 1. The Hall–Kier alpha value is -2.13. The summed E-state index contributed by atoms with van der Waals surface area (Å²) < 4.78 is 0. The predicted octanol–water partition coefficient (Wildman–Crippen LogP) is 3.89. The second-order valence-electron chi connectivity index (χ2n) is 6.45. The van der Waals surface area contributed by atoms with E-state index in [1.807, 2.05) is 12.1 Å². The van der Waals surface area contributed by atoms with Crippen LogP contribution in [0, 0.1) is 5.92 Å². The zero-order chi connectivity index (χ0) is 16.1. The predicted molar refractivity (Wildman–Crippen MR) is 91.5 cm³/mol. The quantitative estimate of drug-likeness (QED) is 0.851. The lowest BCUT2D eigenvalue weighted by Gasteiger charge is -2.14. The number of carboxylic acid groups (broad SMARTS) is 1. The molecule has 0 saturated heterocycles. The Morgan fingerprint density at radius 1 is 1.00 bits per heavy atom. The number of rotatable bonds is 6. The Balaban J connectivity index is 1.45. The Labute approximate surface area is 137 Å². The summed E-state index contributed by atoms with van der Waals surface area (Å²) in [6.07, 6.45) is 4.91. The SMILES string of the molecule is O=C(O)c1ccc(CNC2CCC(Cc3ccccc3)C2)cc1. The first-order valence-electron chi connectivity index (χ1n) is 8.30. The molecule has 2 unspecified atom stereocenters. The van der Waals surface area contributed by atoms with Gasteiger partial charge in [0.05, 0.1) is 5.56 Å². The molecule has 2 aromatic carbocycles. The van der Waals surface area contributed by atoms with Gasteiger partial charge in [0.25, 0.3) is 0 Å². The van der Waals surface area contributed by atoms with Gasteiger partial charge in [0, 0.05) is 12.6 Å². The van der Waals surface area contributed by atoms with Crippen molar-refractivity contribution in [3.05, 3.63) is 71.3 Å². The van der Waals surface area contributed by atoms with Gasteiger partial charge in [-0.1, -0.05) is 42.5 Å². The number of hydrogen-bond acceptors (Lipinski definition) is 2. The van der Waals surface area contributed by atoms with Gasteiger partial charge in [-0.25, -0.2) is 4.79 Å². The van der Waals surface area contributed by atoms with Gasteiger partial charge in [-0.3, -0.25) is 0 Å². The highest BCUT2D eigenvalue weighted by atomic mass is 16.4. The van der Waals surface area contributed by atoms with Crippen molar-refractivity contribution in [1.29, 1.82) is 0 Å². The van der Waals surface area contributed by atoms with Crippen LogP contribution in [0.15, 0.2) is 54.6 Å². The third-order valence-corrected chi connectivity index (χ3v) is 4.70. The van der Waals surface area contributed by atoms with E-state index >= 15 is 0 Å². The van der Waals surface area contributed by atoms with E-state index in [1.54, 1.807) is 12.1 Å². The zero-order valence-corrected chi connectivity index (χ0v) is 13.2. The smallest absolute Gasteiger partial charge is 0.335 e. The molecule has 0 aliphatic heterocycles. The summed E-state index contributed by atoms with van der Waals surface area (Å²) in [7, 11) is 0. The first-order valence-corrected chi connectivity index (χ1v) is 8.30. The van der Waals surface area contributed by atoms with Crippen molar-refractivity contribution in [2.24, 2.45) is 5.92 Å². The first kappa shape index (κ1) is 15.8. The van der Waals surface area contributed by atoms with Gasteiger partial charge in [-0.15, -0.1) is 0 Å². The van der Waals surface area contributed by atoms with E-state index < -0.39 is 5.97 Å². The van der Waals surface area contributed by atoms with Crippen LogP contribution < -0.4 is 5.32 Å². The molecule has 120 valence electrons. The summed E-state index contributed by atoms with van der Waals surface area (Å²) >= 11 is 0. The molecule has 3 nitrogen and oxygen atoms in total. The molecule has 0 aromatic heterocycles. The Morgan fingerprint density at radius 3 is 2.43 bits per heavy atom. The van der Waals surface area contributed by atoms with Gasteiger partial charge in [-0.05, 0) is 54.9 Å². The highest BCUT2D eigenvalue weighted by Crippen LogP contribution is 2.28. The maximum atomic E-state index is 10.8. The topological polar surface area (TPSA) is 49.3 Å². The standard InChI is InChI=1S/C20H23NO2/c22-20(23)18-9-6-16(7-10-18)14-21-19-11-8-17(13-19)12-15-4-2-1-3-5-15/h1-7,9-10,17,19,21H,8,11-14H2,(H,22,23). The van der Waals surface area contributed by atoms with Crippen molar-refractivity contribution in [1.82, 2.24) is 5.32 Å². The normalized spacial score (nSPS) is 20.5. The van der Waals surface area contributed by atoms with Gasteiger partial charge < -0.3 is 10.4 Å². The number of nitrogens with one attached hydrogen (secondary N) is 1. The van der Waals surface area contributed by atoms with Crippen LogP contribution in [-0.4, -0.2) is 17.1 Å². The molecule has 1 fully saturated rings. The van der Waals surface area contributed by atoms with E-state index in [-0.39, 0.29) is 0 Å². The Bertz CT molecular complexity index is 636. The monoisotopic (exact) mass is 309 g/mol. The fourth-order valence-corrected chi connectivity index (χ4v) is 3.42. The van der Waals surface area contributed by atoms with Crippen LogP contribution in [-0.2, 0) is 13.0 Å². The molecule has 0 spiro atoms. The summed E-state index contributed by atoms with van der Waals surface area (Å²) in [5.74, 6) is -0.103. The van der Waals surface area contributed by atoms with E-state index in [4.69, 9.17) is 5.11 Å². The lowest BCUT2D eigenvalue weighted by Crippen LogP contribution is -2.26. The van der Waals surface area contributed by atoms with Crippen LogP contribution in [0.1, 0.15) is 40.7 Å². The molecule has 1 saturated carbocycles. The lowest BCUT2D eigenvalue weighted by molar-refractivity contribution is 0.0697. The first-order chi connectivity index (χ1) is 11.2. The van der Waals surface area contributed by atoms with E-state index in [1.165, 1.54) is 31.2 Å². The van der Waals surface area contributed by atoms with E-state index in [0.29, 0.717) is 11.6 Å². The minimum Gasteiger partial charge on any atom is -0.478 e.